The number of benzene rings is 1. The Hall–Kier alpha value is -1.88. The van der Waals surface area contributed by atoms with E-state index >= 15 is 0 Å². The number of fused-ring (bicyclic) bond motifs is 1. The summed E-state index contributed by atoms with van der Waals surface area (Å²) in [4.78, 5) is 11.2. The quantitative estimate of drug-likeness (QED) is 0.588. The van der Waals surface area contributed by atoms with Crippen LogP contribution < -0.4 is 4.74 Å². The normalized spacial score (nSPS) is 11.3. The monoisotopic (exact) mass is 338 g/mol. The third-order valence-electron chi connectivity index (χ3n) is 3.23. The molecular formula is C16H19O6P. The minimum atomic E-state index is -0.467. The highest BCUT2D eigenvalue weighted by Crippen LogP contribution is 2.34. The van der Waals surface area contributed by atoms with Crippen molar-refractivity contribution < 1.29 is 28.3 Å². The Morgan fingerprint density at radius 1 is 1.43 bits per heavy atom. The molecule has 7 heteroatoms. The van der Waals surface area contributed by atoms with E-state index in [4.69, 9.17) is 18.8 Å². The van der Waals surface area contributed by atoms with Gasteiger partial charge in [0.05, 0.1) is 20.3 Å². The molecule has 0 saturated heterocycles. The predicted octanol–water partition coefficient (Wildman–Crippen LogP) is 2.34. The van der Waals surface area contributed by atoms with Gasteiger partial charge in [-0.15, -0.1) is 0 Å². The van der Waals surface area contributed by atoms with Crippen LogP contribution in [0, 0.1) is 0 Å². The summed E-state index contributed by atoms with van der Waals surface area (Å²) in [6.45, 7) is 0.233. The first-order valence-electron chi connectivity index (χ1n) is 7.04. The average Bonchev–Trinajstić information content (AvgIpc) is 2.93. The van der Waals surface area contributed by atoms with Crippen LogP contribution in [0.4, 0.5) is 0 Å². The molecule has 1 atom stereocenters. The van der Waals surface area contributed by atoms with Crippen LogP contribution in [0.5, 0.6) is 5.75 Å². The van der Waals surface area contributed by atoms with Crippen molar-refractivity contribution in [1.82, 2.24) is 0 Å². The molecule has 1 aromatic heterocycles. The van der Waals surface area contributed by atoms with Gasteiger partial charge in [0.15, 0.2) is 17.9 Å². The van der Waals surface area contributed by atoms with Crippen LogP contribution in [-0.4, -0.2) is 38.0 Å². The van der Waals surface area contributed by atoms with E-state index in [-0.39, 0.29) is 13.2 Å². The lowest BCUT2D eigenvalue weighted by atomic mass is 10.1. The van der Waals surface area contributed by atoms with Crippen molar-refractivity contribution in [2.24, 2.45) is 0 Å². The number of ether oxygens (including phenoxy) is 2. The standard InChI is InChI=1S/C16H19O6P/c1-19-15(18)10-20-14-5-2-4-12-11(7-9-21-23)13(6-3-8-17)22-16(12)14/h2-6,17H,7-10,23H2,1H3/b6-3+. The van der Waals surface area contributed by atoms with Crippen molar-refractivity contribution in [2.75, 3.05) is 26.9 Å². The van der Waals surface area contributed by atoms with Gasteiger partial charge in [-0.2, -0.15) is 0 Å². The molecule has 6 nitrogen and oxygen atoms in total. The molecule has 124 valence electrons. The van der Waals surface area contributed by atoms with Gasteiger partial charge in [-0.25, -0.2) is 4.79 Å². The van der Waals surface area contributed by atoms with Crippen LogP contribution in [0.15, 0.2) is 28.7 Å². The predicted molar refractivity (Wildman–Crippen MR) is 89.2 cm³/mol. The number of aliphatic hydroxyl groups excluding tert-OH is 1. The molecule has 0 amide bonds. The number of rotatable bonds is 8. The van der Waals surface area contributed by atoms with Gasteiger partial charge >= 0.3 is 5.97 Å². The van der Waals surface area contributed by atoms with E-state index in [1.54, 1.807) is 18.2 Å². The fourth-order valence-electron chi connectivity index (χ4n) is 2.19. The summed E-state index contributed by atoms with van der Waals surface area (Å²) in [6.07, 6.45) is 3.95. The van der Waals surface area contributed by atoms with Crippen LogP contribution >= 0.6 is 9.47 Å². The fraction of sp³-hybridized carbons (Fsp3) is 0.312. The van der Waals surface area contributed by atoms with E-state index in [9.17, 15) is 4.79 Å². The lowest BCUT2D eigenvalue weighted by molar-refractivity contribution is -0.142. The first kappa shape index (κ1) is 17.5. The summed E-state index contributed by atoms with van der Waals surface area (Å²) < 4.78 is 21.0. The Labute approximate surface area is 136 Å². The Morgan fingerprint density at radius 2 is 2.26 bits per heavy atom. The Kier molecular flexibility index (Phi) is 6.59. The highest BCUT2D eigenvalue weighted by molar-refractivity contribution is 7.09. The third kappa shape index (κ3) is 4.32. The number of para-hydroxylation sites is 1. The minimum absolute atomic E-state index is 0.0810. The largest absolute Gasteiger partial charge is 0.478 e. The molecule has 2 rings (SSSR count). The van der Waals surface area contributed by atoms with E-state index in [2.05, 4.69) is 14.2 Å². The lowest BCUT2D eigenvalue weighted by Crippen LogP contribution is -2.12. The molecule has 0 aliphatic heterocycles. The summed E-state index contributed by atoms with van der Waals surface area (Å²) in [7, 11) is 3.52. The van der Waals surface area contributed by atoms with Crippen molar-refractivity contribution in [2.45, 2.75) is 6.42 Å². The number of hydrogen-bond donors (Lipinski definition) is 1. The molecule has 0 spiro atoms. The zero-order chi connectivity index (χ0) is 16.7. The maximum absolute atomic E-state index is 11.2. The topological polar surface area (TPSA) is 78.1 Å². The number of furan rings is 1. The molecule has 0 bridgehead atoms. The van der Waals surface area contributed by atoms with E-state index in [1.165, 1.54) is 7.11 Å². The number of aliphatic hydroxyl groups is 1. The van der Waals surface area contributed by atoms with Gasteiger partial charge in [-0.1, -0.05) is 18.2 Å². The van der Waals surface area contributed by atoms with Crippen molar-refractivity contribution in [3.05, 3.63) is 35.6 Å². The third-order valence-corrected chi connectivity index (χ3v) is 3.47. The first-order valence-corrected chi connectivity index (χ1v) is 7.51. The zero-order valence-electron chi connectivity index (χ0n) is 12.8. The van der Waals surface area contributed by atoms with Gasteiger partial charge in [0, 0.05) is 26.8 Å². The Morgan fingerprint density at radius 3 is 2.96 bits per heavy atom. The molecular weight excluding hydrogens is 319 g/mol. The number of carbonyl (C=O) groups excluding carboxylic acids is 1. The van der Waals surface area contributed by atoms with Gasteiger partial charge < -0.3 is 23.5 Å². The van der Waals surface area contributed by atoms with E-state index in [0.29, 0.717) is 30.1 Å². The van der Waals surface area contributed by atoms with Gasteiger partial charge in [0.25, 0.3) is 0 Å². The SMILES string of the molecule is COC(=O)COc1cccc2c(CCOP)c(/C=C/CO)oc12. The molecule has 1 aromatic carbocycles. The summed E-state index contributed by atoms with van der Waals surface area (Å²) in [6, 6.07) is 5.47. The number of hydrogen-bond acceptors (Lipinski definition) is 6. The fourth-order valence-corrected chi connectivity index (χ4v) is 2.30. The van der Waals surface area contributed by atoms with Crippen molar-refractivity contribution in [3.63, 3.8) is 0 Å². The number of methoxy groups -OCH3 is 1. The maximum atomic E-state index is 11.2. The molecule has 1 unspecified atom stereocenters. The molecule has 1 N–H and O–H groups in total. The maximum Gasteiger partial charge on any atom is 0.343 e. The van der Waals surface area contributed by atoms with Crippen LogP contribution in [0.3, 0.4) is 0 Å². The first-order chi connectivity index (χ1) is 11.2. The van der Waals surface area contributed by atoms with Crippen molar-refractivity contribution in [3.8, 4) is 5.75 Å². The summed E-state index contributed by atoms with van der Waals surface area (Å²) in [5, 5.41) is 9.85. The van der Waals surface area contributed by atoms with E-state index < -0.39 is 5.97 Å². The van der Waals surface area contributed by atoms with Crippen LogP contribution in [0.2, 0.25) is 0 Å². The van der Waals surface area contributed by atoms with Crippen molar-refractivity contribution in [1.29, 1.82) is 0 Å². The number of esters is 1. The zero-order valence-corrected chi connectivity index (χ0v) is 13.9. The highest BCUT2D eigenvalue weighted by atomic mass is 31.0. The molecule has 0 aliphatic rings. The molecule has 2 aromatic rings. The molecule has 1 heterocycles. The molecule has 0 aliphatic carbocycles. The van der Waals surface area contributed by atoms with Crippen LogP contribution in [0.25, 0.3) is 17.0 Å². The van der Waals surface area contributed by atoms with Crippen LogP contribution in [-0.2, 0) is 20.5 Å². The second-order valence-electron chi connectivity index (χ2n) is 4.65. The molecule has 0 saturated carbocycles. The van der Waals surface area contributed by atoms with E-state index in [1.807, 2.05) is 12.1 Å². The van der Waals surface area contributed by atoms with E-state index in [0.717, 1.165) is 10.9 Å². The summed E-state index contributed by atoms with van der Waals surface area (Å²) in [5.74, 6) is 0.625. The molecule has 0 radical (unpaired) electrons. The van der Waals surface area contributed by atoms with Gasteiger partial charge in [-0.3, -0.25) is 0 Å². The molecule has 0 fully saturated rings. The average molecular weight is 338 g/mol. The summed E-state index contributed by atoms with van der Waals surface area (Å²) >= 11 is 0. The number of carbonyl (C=O) groups is 1. The molecule has 23 heavy (non-hydrogen) atoms. The Bertz CT molecular complexity index is 691. The smallest absolute Gasteiger partial charge is 0.343 e. The highest BCUT2D eigenvalue weighted by Gasteiger charge is 2.16. The van der Waals surface area contributed by atoms with Crippen molar-refractivity contribution >= 4 is 32.5 Å². The van der Waals surface area contributed by atoms with Gasteiger partial charge in [0.1, 0.15) is 5.76 Å². The second kappa shape index (κ2) is 8.67. The Balaban J connectivity index is 2.41. The van der Waals surface area contributed by atoms with Gasteiger partial charge in [0.2, 0.25) is 0 Å². The lowest BCUT2D eigenvalue weighted by Gasteiger charge is -2.05. The van der Waals surface area contributed by atoms with Crippen LogP contribution in [0.1, 0.15) is 11.3 Å². The minimum Gasteiger partial charge on any atom is -0.478 e. The van der Waals surface area contributed by atoms with Gasteiger partial charge in [-0.05, 0) is 12.1 Å². The summed E-state index contributed by atoms with van der Waals surface area (Å²) in [5.41, 5.74) is 1.50. The second-order valence-corrected chi connectivity index (χ2v) is 4.98.